The second-order valence-corrected chi connectivity index (χ2v) is 11.6. The second-order valence-electron chi connectivity index (χ2n) is 10.6. The Morgan fingerprint density at radius 1 is 1.07 bits per heavy atom. The number of benzene rings is 3. The van der Waals surface area contributed by atoms with Crippen LogP contribution in [0.2, 0.25) is 0 Å². The molecule has 2 aromatic heterocycles. The normalized spacial score (nSPS) is 14.8. The maximum atomic E-state index is 14.2. The molecule has 228 valence electrons. The van der Waals surface area contributed by atoms with E-state index >= 15 is 0 Å². The molecule has 1 aliphatic heterocycles. The van der Waals surface area contributed by atoms with Gasteiger partial charge in [0.1, 0.15) is 5.75 Å². The number of hydrogen-bond donors (Lipinski definition) is 0. The summed E-state index contributed by atoms with van der Waals surface area (Å²) in [6, 6.07) is 21.0. The van der Waals surface area contributed by atoms with E-state index in [1.165, 1.54) is 23.5 Å². The fourth-order valence-corrected chi connectivity index (χ4v) is 6.80. The van der Waals surface area contributed by atoms with E-state index in [4.69, 9.17) is 14.5 Å². The molecule has 0 radical (unpaired) electrons. The van der Waals surface area contributed by atoms with Crippen LogP contribution < -0.4 is 19.6 Å². The summed E-state index contributed by atoms with van der Waals surface area (Å²) in [6.07, 6.45) is 1.89. The van der Waals surface area contributed by atoms with Crippen molar-refractivity contribution in [3.63, 3.8) is 0 Å². The highest BCUT2D eigenvalue weighted by Crippen LogP contribution is 2.32. The highest BCUT2D eigenvalue weighted by Gasteiger charge is 2.33. The van der Waals surface area contributed by atoms with Gasteiger partial charge in [-0.1, -0.05) is 53.8 Å². The predicted molar refractivity (Wildman–Crippen MR) is 172 cm³/mol. The van der Waals surface area contributed by atoms with E-state index in [2.05, 4.69) is 4.57 Å². The van der Waals surface area contributed by atoms with Gasteiger partial charge in [0.05, 0.1) is 40.5 Å². The van der Waals surface area contributed by atoms with Gasteiger partial charge < -0.3 is 14.0 Å². The highest BCUT2D eigenvalue weighted by molar-refractivity contribution is 7.07. The maximum Gasteiger partial charge on any atom is 0.338 e. The van der Waals surface area contributed by atoms with Crippen molar-refractivity contribution in [3.05, 3.63) is 136 Å². The SMILES string of the molecule is CCOC(=O)C1=C(C)N=c2s/c(=C\c3c(C)n(Cc4ccc([N+](=O)[O-])cc4)c4ccccc34)c(=O)n2[C@@H]1c1ccc(OC)cc1. The Morgan fingerprint density at radius 2 is 1.78 bits per heavy atom. The number of methoxy groups -OCH3 is 1. The molecule has 45 heavy (non-hydrogen) atoms. The van der Waals surface area contributed by atoms with Gasteiger partial charge in [-0.2, -0.15) is 0 Å². The number of nitro benzene ring substituents is 1. The number of nitro groups is 1. The third kappa shape index (κ3) is 5.35. The molecule has 6 rings (SSSR count). The Bertz CT molecular complexity index is 2170. The zero-order valence-corrected chi connectivity index (χ0v) is 26.0. The zero-order chi connectivity index (χ0) is 31.8. The largest absolute Gasteiger partial charge is 0.497 e. The quantitative estimate of drug-likeness (QED) is 0.136. The Kier molecular flexibility index (Phi) is 7.94. The van der Waals surface area contributed by atoms with Crippen LogP contribution in [0.15, 0.2) is 93.9 Å². The van der Waals surface area contributed by atoms with Gasteiger partial charge >= 0.3 is 5.97 Å². The Labute approximate surface area is 262 Å². The summed E-state index contributed by atoms with van der Waals surface area (Å²) in [6.45, 7) is 6.19. The lowest BCUT2D eigenvalue weighted by atomic mass is 9.96. The molecule has 10 nitrogen and oxygen atoms in total. The Balaban J connectivity index is 1.51. The number of carbonyl (C=O) groups excluding carboxylic acids is 1. The van der Waals surface area contributed by atoms with Gasteiger partial charge in [0.2, 0.25) is 0 Å². The van der Waals surface area contributed by atoms with Crippen molar-refractivity contribution in [2.45, 2.75) is 33.4 Å². The molecule has 0 saturated heterocycles. The number of para-hydroxylation sites is 1. The molecule has 11 heteroatoms. The number of carbonyl (C=O) groups is 1. The monoisotopic (exact) mass is 622 g/mol. The Hall–Kier alpha value is -5.29. The van der Waals surface area contributed by atoms with Crippen LogP contribution in [-0.4, -0.2) is 33.7 Å². The van der Waals surface area contributed by atoms with Crippen LogP contribution in [-0.2, 0) is 16.1 Å². The Morgan fingerprint density at radius 3 is 2.44 bits per heavy atom. The summed E-state index contributed by atoms with van der Waals surface area (Å²) in [5.41, 5.74) is 5.04. The van der Waals surface area contributed by atoms with Crippen molar-refractivity contribution >= 4 is 40.0 Å². The third-order valence-electron chi connectivity index (χ3n) is 7.99. The molecule has 0 fully saturated rings. The van der Waals surface area contributed by atoms with Crippen LogP contribution in [0.4, 0.5) is 5.69 Å². The first-order valence-electron chi connectivity index (χ1n) is 14.4. The molecular weight excluding hydrogens is 592 g/mol. The number of non-ortho nitro benzene ring substituents is 1. The van der Waals surface area contributed by atoms with Crippen molar-refractivity contribution in [2.24, 2.45) is 4.99 Å². The summed E-state index contributed by atoms with van der Waals surface area (Å²) >= 11 is 1.27. The van der Waals surface area contributed by atoms with Crippen LogP contribution in [0.1, 0.15) is 42.3 Å². The molecule has 0 amide bonds. The zero-order valence-electron chi connectivity index (χ0n) is 25.1. The van der Waals surface area contributed by atoms with Crippen molar-refractivity contribution < 1.29 is 19.2 Å². The summed E-state index contributed by atoms with van der Waals surface area (Å²) in [7, 11) is 1.58. The van der Waals surface area contributed by atoms with Crippen molar-refractivity contribution in [3.8, 4) is 5.75 Å². The smallest absolute Gasteiger partial charge is 0.338 e. The summed E-state index contributed by atoms with van der Waals surface area (Å²) in [4.78, 5) is 43.3. The number of esters is 1. The molecule has 0 spiro atoms. The molecule has 1 aliphatic rings. The number of nitrogens with zero attached hydrogens (tertiary/aromatic N) is 4. The van der Waals surface area contributed by atoms with E-state index in [9.17, 15) is 19.7 Å². The molecule has 3 heterocycles. The molecule has 5 aromatic rings. The molecule has 0 saturated carbocycles. The number of ether oxygens (including phenoxy) is 2. The topological polar surface area (TPSA) is 118 Å². The summed E-state index contributed by atoms with van der Waals surface area (Å²) in [5.74, 6) is 0.143. The van der Waals surface area contributed by atoms with Gasteiger partial charge in [-0.15, -0.1) is 0 Å². The van der Waals surface area contributed by atoms with Gasteiger partial charge in [0.25, 0.3) is 11.2 Å². The van der Waals surface area contributed by atoms with E-state index in [1.54, 1.807) is 49.8 Å². The van der Waals surface area contributed by atoms with Gasteiger partial charge in [-0.25, -0.2) is 9.79 Å². The predicted octanol–water partition coefficient (Wildman–Crippen LogP) is 5.03. The molecular formula is C34H30N4O6S. The van der Waals surface area contributed by atoms with Crippen molar-refractivity contribution in [1.29, 1.82) is 0 Å². The molecule has 0 N–H and O–H groups in total. The number of rotatable bonds is 8. The van der Waals surface area contributed by atoms with Crippen molar-refractivity contribution in [1.82, 2.24) is 9.13 Å². The minimum Gasteiger partial charge on any atom is -0.497 e. The molecule has 0 bridgehead atoms. The standard InChI is InChI=1S/C34H30N4O6S/c1-5-44-33(40)30-20(2)35-34-37(31(30)23-12-16-25(43-4)17-13-23)32(39)29(45-34)18-27-21(3)36(28-9-7-6-8-26(27)28)19-22-10-14-24(15-11-22)38(41)42/h6-18,31H,5,19H2,1-4H3/b29-18-/t31-/m1/s1. The lowest BCUT2D eigenvalue weighted by molar-refractivity contribution is -0.384. The van der Waals surface area contributed by atoms with Crippen molar-refractivity contribution in [2.75, 3.05) is 13.7 Å². The average Bonchev–Trinajstić information content (AvgIpc) is 3.49. The van der Waals surface area contributed by atoms with E-state index in [0.717, 1.165) is 33.3 Å². The molecule has 3 aromatic carbocycles. The van der Waals surface area contributed by atoms with Gasteiger partial charge in [-0.05, 0) is 56.2 Å². The van der Waals surface area contributed by atoms with Crippen LogP contribution in [0.25, 0.3) is 17.0 Å². The number of thiazole rings is 1. The van der Waals surface area contributed by atoms with Crippen LogP contribution in [0.3, 0.4) is 0 Å². The van der Waals surface area contributed by atoms with Gasteiger partial charge in [-0.3, -0.25) is 19.5 Å². The highest BCUT2D eigenvalue weighted by atomic mass is 32.1. The van der Waals surface area contributed by atoms with E-state index in [-0.39, 0.29) is 17.9 Å². The van der Waals surface area contributed by atoms with Crippen LogP contribution in [0, 0.1) is 17.0 Å². The lowest BCUT2D eigenvalue weighted by Crippen LogP contribution is -2.39. The first kappa shape index (κ1) is 29.8. The van der Waals surface area contributed by atoms with Crippen LogP contribution in [0.5, 0.6) is 5.75 Å². The van der Waals surface area contributed by atoms with Crippen LogP contribution >= 0.6 is 11.3 Å². The fourth-order valence-electron chi connectivity index (χ4n) is 5.77. The number of aromatic nitrogens is 2. The fraction of sp³-hybridized carbons (Fsp3) is 0.206. The first-order valence-corrected chi connectivity index (χ1v) is 15.2. The van der Waals surface area contributed by atoms with E-state index in [0.29, 0.717) is 32.9 Å². The molecule has 0 aliphatic carbocycles. The second kappa shape index (κ2) is 12.0. The third-order valence-corrected chi connectivity index (χ3v) is 8.97. The molecule has 1 atom stereocenters. The summed E-state index contributed by atoms with van der Waals surface area (Å²) < 4.78 is 14.9. The van der Waals surface area contributed by atoms with Gasteiger partial charge in [0, 0.05) is 40.8 Å². The average molecular weight is 623 g/mol. The van der Waals surface area contributed by atoms with Gasteiger partial charge in [0.15, 0.2) is 4.80 Å². The summed E-state index contributed by atoms with van der Waals surface area (Å²) in [5, 5.41) is 12.1. The minimum absolute atomic E-state index is 0.0400. The number of allylic oxidation sites excluding steroid dienone is 1. The maximum absolute atomic E-state index is 14.2. The first-order chi connectivity index (χ1) is 21.7. The lowest BCUT2D eigenvalue weighted by Gasteiger charge is -2.24. The number of fused-ring (bicyclic) bond motifs is 2. The van der Waals surface area contributed by atoms with E-state index in [1.807, 2.05) is 49.4 Å². The number of hydrogen-bond acceptors (Lipinski definition) is 8. The van der Waals surface area contributed by atoms with E-state index < -0.39 is 16.9 Å². The molecule has 0 unspecified atom stereocenters. The minimum atomic E-state index is -0.724.